The van der Waals surface area contributed by atoms with Crippen molar-refractivity contribution < 1.29 is 9.47 Å². The van der Waals surface area contributed by atoms with E-state index in [9.17, 15) is 0 Å². The van der Waals surface area contributed by atoms with Crippen LogP contribution in [0, 0.1) is 0 Å². The summed E-state index contributed by atoms with van der Waals surface area (Å²) < 4.78 is 10.5. The molecule has 0 aliphatic carbocycles. The fourth-order valence-corrected chi connectivity index (χ4v) is 3.21. The molecule has 0 aromatic heterocycles. The van der Waals surface area contributed by atoms with Gasteiger partial charge in [0.2, 0.25) is 0 Å². The molecule has 98 valence electrons. The van der Waals surface area contributed by atoms with E-state index in [1.54, 1.807) is 14.2 Å². The molecule has 16 heavy (non-hydrogen) atoms. The second-order valence-electron chi connectivity index (χ2n) is 4.24. The maximum Gasteiger partial charge on any atom is 0.135 e. The molecule has 0 spiro atoms. The van der Waals surface area contributed by atoms with E-state index in [-0.39, 0.29) is 15.4 Å². The van der Waals surface area contributed by atoms with E-state index >= 15 is 0 Å². The molecule has 0 atom stereocenters. The quantitative estimate of drug-likeness (QED) is 0.409. The molecule has 0 unspecified atom stereocenters. The topological polar surface area (TPSA) is 21.7 Å². The predicted octanol–water partition coefficient (Wildman–Crippen LogP) is 1.59. The molecule has 0 radical (unpaired) electrons. The second kappa shape index (κ2) is 11.6. The Morgan fingerprint density at radius 2 is 1.50 bits per heavy atom. The SMILES string of the molecule is CCCCN(CCCC)C[SiH2]C(OC)OC. The van der Waals surface area contributed by atoms with Gasteiger partial charge in [0.05, 0.1) is 0 Å². The van der Waals surface area contributed by atoms with Crippen molar-refractivity contribution in [2.75, 3.05) is 33.5 Å². The lowest BCUT2D eigenvalue weighted by Crippen LogP contribution is -2.36. The van der Waals surface area contributed by atoms with Gasteiger partial charge in [-0.2, -0.15) is 0 Å². The lowest BCUT2D eigenvalue weighted by molar-refractivity contribution is -0.0449. The molecule has 0 saturated heterocycles. The maximum atomic E-state index is 5.27. The van der Waals surface area contributed by atoms with Gasteiger partial charge in [-0.1, -0.05) is 26.7 Å². The highest BCUT2D eigenvalue weighted by atomic mass is 28.2. The maximum absolute atomic E-state index is 5.27. The Hall–Kier alpha value is 0.0969. The largest absolute Gasteiger partial charge is 0.360 e. The molecule has 0 bridgehead atoms. The minimum Gasteiger partial charge on any atom is -0.360 e. The number of ether oxygens (including phenoxy) is 2. The molecule has 0 N–H and O–H groups in total. The van der Waals surface area contributed by atoms with Crippen molar-refractivity contribution >= 4 is 9.52 Å². The first-order valence-corrected chi connectivity index (χ1v) is 8.38. The molecular formula is C12H29NO2Si. The van der Waals surface area contributed by atoms with E-state index in [1.807, 2.05) is 0 Å². The molecule has 0 rings (SSSR count). The third kappa shape index (κ3) is 8.27. The zero-order chi connectivity index (χ0) is 12.2. The highest BCUT2D eigenvalue weighted by Gasteiger charge is 2.10. The monoisotopic (exact) mass is 247 g/mol. The molecule has 0 aliphatic rings. The fraction of sp³-hybridized carbons (Fsp3) is 1.00. The van der Waals surface area contributed by atoms with Gasteiger partial charge in [0.1, 0.15) is 15.4 Å². The average Bonchev–Trinajstić information content (AvgIpc) is 2.32. The van der Waals surface area contributed by atoms with Crippen LogP contribution in [-0.4, -0.2) is 53.8 Å². The Balaban J connectivity index is 3.79. The summed E-state index contributed by atoms with van der Waals surface area (Å²) in [4.78, 5) is 2.59. The zero-order valence-electron chi connectivity index (χ0n) is 11.5. The van der Waals surface area contributed by atoms with Crippen LogP contribution in [0.2, 0.25) is 0 Å². The van der Waals surface area contributed by atoms with Gasteiger partial charge in [0.15, 0.2) is 0 Å². The second-order valence-corrected chi connectivity index (χ2v) is 5.93. The molecule has 0 amide bonds. The Kier molecular flexibility index (Phi) is 11.6. The predicted molar refractivity (Wildman–Crippen MR) is 72.6 cm³/mol. The number of hydrogen-bond donors (Lipinski definition) is 0. The fourth-order valence-electron chi connectivity index (χ4n) is 1.72. The van der Waals surface area contributed by atoms with Crippen LogP contribution in [0.15, 0.2) is 0 Å². The van der Waals surface area contributed by atoms with Gasteiger partial charge in [0.25, 0.3) is 0 Å². The summed E-state index contributed by atoms with van der Waals surface area (Å²) in [5.41, 5.74) is 0. The summed E-state index contributed by atoms with van der Waals surface area (Å²) in [6.45, 7) is 6.98. The number of nitrogens with zero attached hydrogens (tertiary/aromatic N) is 1. The van der Waals surface area contributed by atoms with Crippen LogP contribution in [-0.2, 0) is 9.47 Å². The molecule has 0 heterocycles. The van der Waals surface area contributed by atoms with Gasteiger partial charge in [-0.25, -0.2) is 0 Å². The van der Waals surface area contributed by atoms with Crippen molar-refractivity contribution in [3.8, 4) is 0 Å². The molecule has 0 fully saturated rings. The minimum atomic E-state index is -0.297. The summed E-state index contributed by atoms with van der Waals surface area (Å²) >= 11 is 0. The molecular weight excluding hydrogens is 218 g/mol. The first-order valence-electron chi connectivity index (χ1n) is 6.56. The molecule has 0 aromatic carbocycles. The normalized spacial score (nSPS) is 12.4. The Bertz CT molecular complexity index is 135. The minimum absolute atomic E-state index is 0.0887. The van der Waals surface area contributed by atoms with Crippen LogP contribution >= 0.6 is 0 Å². The van der Waals surface area contributed by atoms with Crippen molar-refractivity contribution in [2.24, 2.45) is 0 Å². The highest BCUT2D eigenvalue weighted by Crippen LogP contribution is 1.99. The molecule has 3 nitrogen and oxygen atoms in total. The highest BCUT2D eigenvalue weighted by molar-refractivity contribution is 6.36. The smallest absolute Gasteiger partial charge is 0.135 e. The standard InChI is InChI=1S/C12H29NO2Si/c1-5-7-9-13(10-8-6-2)11-16-12(14-3)15-4/h12H,5-11,16H2,1-4H3. The summed E-state index contributed by atoms with van der Waals surface area (Å²) in [6.07, 6.45) is 6.39. The van der Waals surface area contributed by atoms with E-state index in [4.69, 9.17) is 9.47 Å². The Labute approximate surface area is 103 Å². The van der Waals surface area contributed by atoms with Crippen LogP contribution in [0.3, 0.4) is 0 Å². The molecule has 0 aromatic rings. The number of hydrogen-bond acceptors (Lipinski definition) is 3. The van der Waals surface area contributed by atoms with Gasteiger partial charge >= 0.3 is 0 Å². The van der Waals surface area contributed by atoms with E-state index in [0.717, 1.165) is 0 Å². The molecule has 0 aliphatic heterocycles. The molecule has 0 saturated carbocycles. The molecule has 4 heteroatoms. The summed E-state index contributed by atoms with van der Waals surface area (Å²) in [7, 11) is 3.18. The summed E-state index contributed by atoms with van der Waals surface area (Å²) in [5, 5.41) is 0. The van der Waals surface area contributed by atoms with Crippen LogP contribution in [0.1, 0.15) is 39.5 Å². The first-order chi connectivity index (χ1) is 7.78. The van der Waals surface area contributed by atoms with Crippen molar-refractivity contribution in [2.45, 2.75) is 45.4 Å². The van der Waals surface area contributed by atoms with Crippen LogP contribution in [0.4, 0.5) is 0 Å². The van der Waals surface area contributed by atoms with E-state index < -0.39 is 0 Å². The zero-order valence-corrected chi connectivity index (χ0v) is 12.9. The van der Waals surface area contributed by atoms with Gasteiger partial charge in [-0.05, 0) is 32.1 Å². The Morgan fingerprint density at radius 3 is 1.88 bits per heavy atom. The first kappa shape index (κ1) is 16.1. The van der Waals surface area contributed by atoms with Gasteiger partial charge in [0, 0.05) is 14.2 Å². The number of rotatable bonds is 11. The lowest BCUT2D eigenvalue weighted by Gasteiger charge is -2.23. The van der Waals surface area contributed by atoms with Crippen LogP contribution in [0.5, 0.6) is 0 Å². The van der Waals surface area contributed by atoms with Crippen molar-refractivity contribution in [1.29, 1.82) is 0 Å². The Morgan fingerprint density at radius 1 is 1.00 bits per heavy atom. The third-order valence-corrected chi connectivity index (χ3v) is 4.89. The number of methoxy groups -OCH3 is 2. The average molecular weight is 247 g/mol. The van der Waals surface area contributed by atoms with Crippen molar-refractivity contribution in [3.05, 3.63) is 0 Å². The van der Waals surface area contributed by atoms with Crippen molar-refractivity contribution in [3.63, 3.8) is 0 Å². The summed E-state index contributed by atoms with van der Waals surface area (Å²) in [6, 6.07) is 0. The van der Waals surface area contributed by atoms with Gasteiger partial charge in [-0.15, -0.1) is 0 Å². The lowest BCUT2D eigenvalue weighted by atomic mass is 10.3. The van der Waals surface area contributed by atoms with Gasteiger partial charge < -0.3 is 14.4 Å². The van der Waals surface area contributed by atoms with E-state index in [1.165, 1.54) is 44.9 Å². The number of unbranched alkanes of at least 4 members (excludes halogenated alkanes) is 2. The van der Waals surface area contributed by atoms with Gasteiger partial charge in [-0.3, -0.25) is 0 Å². The van der Waals surface area contributed by atoms with Crippen LogP contribution in [0.25, 0.3) is 0 Å². The van der Waals surface area contributed by atoms with Crippen molar-refractivity contribution in [1.82, 2.24) is 4.90 Å². The van der Waals surface area contributed by atoms with E-state index in [2.05, 4.69) is 18.7 Å². The van der Waals surface area contributed by atoms with E-state index in [0.29, 0.717) is 0 Å². The van der Waals surface area contributed by atoms with Crippen LogP contribution < -0.4 is 0 Å². The third-order valence-electron chi connectivity index (χ3n) is 2.86. The summed E-state index contributed by atoms with van der Waals surface area (Å²) in [5.74, 6) is 0.0887.